The van der Waals surface area contributed by atoms with Crippen molar-refractivity contribution in [3.63, 3.8) is 0 Å². The summed E-state index contributed by atoms with van der Waals surface area (Å²) < 4.78 is 5.76. The Hall–Kier alpha value is -1.61. The fourth-order valence-corrected chi connectivity index (χ4v) is 2.14. The van der Waals surface area contributed by atoms with E-state index in [0.29, 0.717) is 0 Å². The van der Waals surface area contributed by atoms with Gasteiger partial charge in [-0.2, -0.15) is 0 Å². The number of aryl methyl sites for hydroxylation is 2. The number of rotatable bonds is 7. The first kappa shape index (κ1) is 13.8. The summed E-state index contributed by atoms with van der Waals surface area (Å²) in [6.07, 6.45) is 4.97. The Morgan fingerprint density at radius 3 is 2.74 bits per heavy atom. The molecule has 3 nitrogen and oxygen atoms in total. The predicted molar refractivity (Wildman–Crippen MR) is 77.1 cm³/mol. The molecule has 1 atom stereocenters. The Labute approximate surface area is 115 Å². The van der Waals surface area contributed by atoms with Crippen LogP contribution in [-0.2, 0) is 12.8 Å². The highest BCUT2D eigenvalue weighted by Gasteiger charge is 2.10. The maximum atomic E-state index is 5.76. The minimum Gasteiger partial charge on any atom is -0.444 e. The first-order valence-electron chi connectivity index (χ1n) is 7.01. The van der Waals surface area contributed by atoms with Crippen LogP contribution in [0.4, 0.5) is 0 Å². The minimum atomic E-state index is 0.188. The lowest BCUT2D eigenvalue weighted by atomic mass is 10.1. The molecule has 0 aliphatic rings. The summed E-state index contributed by atoms with van der Waals surface area (Å²) in [5.41, 5.74) is 1.38. The second kappa shape index (κ2) is 7.10. The van der Waals surface area contributed by atoms with Crippen LogP contribution >= 0.6 is 0 Å². The van der Waals surface area contributed by atoms with Gasteiger partial charge in [-0.15, -0.1) is 0 Å². The molecule has 19 heavy (non-hydrogen) atoms. The molecule has 0 amide bonds. The lowest BCUT2D eigenvalue weighted by Gasteiger charge is -2.06. The first-order chi connectivity index (χ1) is 9.29. The number of nitrogens with zero attached hydrogens (tertiary/aromatic N) is 1. The van der Waals surface area contributed by atoms with E-state index in [4.69, 9.17) is 4.42 Å². The summed E-state index contributed by atoms with van der Waals surface area (Å²) in [5, 5.41) is 3.30. The highest BCUT2D eigenvalue weighted by Crippen LogP contribution is 2.14. The molecular weight excluding hydrogens is 236 g/mol. The topological polar surface area (TPSA) is 38.1 Å². The zero-order valence-electron chi connectivity index (χ0n) is 11.7. The normalized spacial score (nSPS) is 12.5. The molecule has 2 rings (SSSR count). The molecule has 1 aromatic heterocycles. The van der Waals surface area contributed by atoms with Crippen LogP contribution in [0.15, 0.2) is 40.9 Å². The largest absolute Gasteiger partial charge is 0.444 e. The van der Waals surface area contributed by atoms with Gasteiger partial charge in [0, 0.05) is 6.42 Å². The quantitative estimate of drug-likeness (QED) is 0.825. The van der Waals surface area contributed by atoms with Crippen molar-refractivity contribution in [2.75, 3.05) is 6.54 Å². The van der Waals surface area contributed by atoms with Gasteiger partial charge >= 0.3 is 0 Å². The molecule has 1 aromatic carbocycles. The Balaban J connectivity index is 1.80. The van der Waals surface area contributed by atoms with E-state index in [-0.39, 0.29) is 6.04 Å². The van der Waals surface area contributed by atoms with E-state index >= 15 is 0 Å². The summed E-state index contributed by atoms with van der Waals surface area (Å²) in [7, 11) is 0. The molecule has 0 fully saturated rings. The van der Waals surface area contributed by atoms with Crippen molar-refractivity contribution in [3.05, 3.63) is 53.7 Å². The molecule has 1 N–H and O–H groups in total. The summed E-state index contributed by atoms with van der Waals surface area (Å²) in [6, 6.07) is 10.7. The average molecular weight is 258 g/mol. The highest BCUT2D eigenvalue weighted by molar-refractivity contribution is 5.14. The monoisotopic (exact) mass is 258 g/mol. The number of oxazole rings is 1. The lowest BCUT2D eigenvalue weighted by molar-refractivity contribution is 0.396. The fraction of sp³-hybridized carbons (Fsp3) is 0.438. The molecule has 0 saturated heterocycles. The van der Waals surface area contributed by atoms with Crippen LogP contribution in [0.2, 0.25) is 0 Å². The maximum absolute atomic E-state index is 5.76. The van der Waals surface area contributed by atoms with E-state index in [9.17, 15) is 0 Å². The van der Waals surface area contributed by atoms with Gasteiger partial charge in [0.15, 0.2) is 0 Å². The van der Waals surface area contributed by atoms with Gasteiger partial charge in [0.05, 0.1) is 12.2 Å². The summed E-state index contributed by atoms with van der Waals surface area (Å²) >= 11 is 0. The number of nitrogens with one attached hydrogen (secondary N) is 1. The van der Waals surface area contributed by atoms with E-state index in [2.05, 4.69) is 48.4 Å². The van der Waals surface area contributed by atoms with Crippen molar-refractivity contribution in [1.29, 1.82) is 0 Å². The summed E-state index contributed by atoms with van der Waals surface area (Å²) in [5.74, 6) is 1.77. The number of hydrogen-bond donors (Lipinski definition) is 1. The number of benzene rings is 1. The van der Waals surface area contributed by atoms with Gasteiger partial charge in [0.1, 0.15) is 5.76 Å². The second-order valence-corrected chi connectivity index (χ2v) is 4.78. The lowest BCUT2D eigenvalue weighted by Crippen LogP contribution is -2.17. The highest BCUT2D eigenvalue weighted by atomic mass is 16.4. The van der Waals surface area contributed by atoms with Gasteiger partial charge in [0.25, 0.3) is 0 Å². The van der Waals surface area contributed by atoms with Crippen LogP contribution in [0, 0.1) is 0 Å². The predicted octanol–water partition coefficient (Wildman–Crippen LogP) is 3.52. The molecule has 0 aliphatic heterocycles. The van der Waals surface area contributed by atoms with Gasteiger partial charge in [-0.1, -0.05) is 37.3 Å². The number of aromatic nitrogens is 1. The zero-order chi connectivity index (χ0) is 13.5. The molecule has 1 heterocycles. The Kier molecular flexibility index (Phi) is 5.16. The third-order valence-corrected chi connectivity index (χ3v) is 3.18. The summed E-state index contributed by atoms with van der Waals surface area (Å²) in [6.45, 7) is 5.08. The van der Waals surface area contributed by atoms with E-state index in [1.165, 1.54) is 5.56 Å². The summed E-state index contributed by atoms with van der Waals surface area (Å²) in [4.78, 5) is 4.33. The molecule has 0 bridgehead atoms. The molecule has 3 heteroatoms. The average Bonchev–Trinajstić information content (AvgIpc) is 2.89. The minimum absolute atomic E-state index is 0.188. The number of hydrogen-bond acceptors (Lipinski definition) is 3. The third kappa shape index (κ3) is 4.21. The second-order valence-electron chi connectivity index (χ2n) is 4.78. The maximum Gasteiger partial charge on any atom is 0.211 e. The van der Waals surface area contributed by atoms with Crippen LogP contribution in [-0.4, -0.2) is 11.5 Å². The van der Waals surface area contributed by atoms with Crippen molar-refractivity contribution >= 4 is 0 Å². The Morgan fingerprint density at radius 2 is 2.00 bits per heavy atom. The zero-order valence-corrected chi connectivity index (χ0v) is 11.7. The van der Waals surface area contributed by atoms with Crippen LogP contribution in [0.1, 0.15) is 43.5 Å². The van der Waals surface area contributed by atoms with Crippen LogP contribution in [0.25, 0.3) is 0 Å². The van der Waals surface area contributed by atoms with Crippen molar-refractivity contribution in [1.82, 2.24) is 10.3 Å². The van der Waals surface area contributed by atoms with Crippen molar-refractivity contribution in [2.45, 2.75) is 39.2 Å². The smallest absolute Gasteiger partial charge is 0.211 e. The fourth-order valence-electron chi connectivity index (χ4n) is 2.14. The van der Waals surface area contributed by atoms with Crippen LogP contribution < -0.4 is 5.32 Å². The van der Waals surface area contributed by atoms with E-state index in [0.717, 1.165) is 37.5 Å². The van der Waals surface area contributed by atoms with E-state index in [1.54, 1.807) is 0 Å². The molecule has 0 aliphatic carbocycles. The van der Waals surface area contributed by atoms with Gasteiger partial charge in [0.2, 0.25) is 5.89 Å². The molecule has 1 unspecified atom stereocenters. The Morgan fingerprint density at radius 1 is 1.21 bits per heavy atom. The van der Waals surface area contributed by atoms with Gasteiger partial charge in [-0.3, -0.25) is 0 Å². The SMILES string of the molecule is CCNC(C)c1ncc(CCCc2ccccc2)o1. The first-order valence-corrected chi connectivity index (χ1v) is 7.01. The van der Waals surface area contributed by atoms with Gasteiger partial charge in [-0.05, 0) is 31.9 Å². The van der Waals surface area contributed by atoms with Crippen LogP contribution in [0.5, 0.6) is 0 Å². The van der Waals surface area contributed by atoms with Crippen molar-refractivity contribution in [3.8, 4) is 0 Å². The van der Waals surface area contributed by atoms with Crippen LogP contribution in [0.3, 0.4) is 0 Å². The standard InChI is InChI=1S/C16H22N2O/c1-3-17-13(2)16-18-12-15(19-16)11-7-10-14-8-5-4-6-9-14/h4-6,8-9,12-13,17H,3,7,10-11H2,1-2H3. The van der Waals surface area contributed by atoms with E-state index < -0.39 is 0 Å². The molecule has 0 spiro atoms. The van der Waals surface area contributed by atoms with Gasteiger partial charge in [-0.25, -0.2) is 4.98 Å². The van der Waals surface area contributed by atoms with Gasteiger partial charge < -0.3 is 9.73 Å². The van der Waals surface area contributed by atoms with Crippen molar-refractivity contribution < 1.29 is 4.42 Å². The molecule has 2 aromatic rings. The molecular formula is C16H22N2O. The molecule has 0 radical (unpaired) electrons. The third-order valence-electron chi connectivity index (χ3n) is 3.18. The molecule has 0 saturated carbocycles. The Bertz CT molecular complexity index is 479. The van der Waals surface area contributed by atoms with Crippen molar-refractivity contribution in [2.24, 2.45) is 0 Å². The molecule has 102 valence electrons. The van der Waals surface area contributed by atoms with E-state index in [1.807, 2.05) is 12.3 Å².